The van der Waals surface area contributed by atoms with Gasteiger partial charge in [0.1, 0.15) is 5.01 Å². The molecule has 4 heteroatoms. The first-order valence-electron chi connectivity index (χ1n) is 5.92. The molecular weight excluding hydrogens is 244 g/mol. The monoisotopic (exact) mass is 258 g/mol. The molecule has 0 unspecified atom stereocenters. The highest BCUT2D eigenvalue weighted by Gasteiger charge is 2.25. The minimum Gasteiger partial charge on any atom is -0.293 e. The number of Topliss-reactive ketones (excluding diaryl/α,β-unsaturated/α-hetero) is 1. The Morgan fingerprint density at radius 3 is 2.67 bits per heavy atom. The van der Waals surface area contributed by atoms with Crippen LogP contribution in [0.4, 0.5) is 0 Å². The van der Waals surface area contributed by atoms with E-state index in [1.807, 2.05) is 11.9 Å². The van der Waals surface area contributed by atoms with E-state index in [1.54, 1.807) is 0 Å². The molecule has 2 aromatic rings. The Balaban J connectivity index is 2.03. The lowest BCUT2D eigenvalue weighted by molar-refractivity contribution is 0.0926. The van der Waals surface area contributed by atoms with Gasteiger partial charge in [-0.1, -0.05) is 29.8 Å². The molecule has 0 saturated carbocycles. The molecule has 1 aromatic heterocycles. The van der Waals surface area contributed by atoms with Gasteiger partial charge in [0, 0.05) is 12.1 Å². The highest BCUT2D eigenvalue weighted by molar-refractivity contribution is 7.17. The van der Waals surface area contributed by atoms with E-state index in [0.29, 0.717) is 6.54 Å². The number of rotatable bonds is 1. The Labute approximate surface area is 110 Å². The summed E-state index contributed by atoms with van der Waals surface area (Å²) in [5.41, 5.74) is 3.25. The maximum atomic E-state index is 11.9. The Morgan fingerprint density at radius 1 is 1.22 bits per heavy atom. The van der Waals surface area contributed by atoms with Crippen molar-refractivity contribution in [3.63, 3.8) is 0 Å². The Bertz CT molecular complexity index is 601. The van der Waals surface area contributed by atoms with Crippen LogP contribution in [0.3, 0.4) is 0 Å². The minimum atomic E-state index is 0.189. The topological polar surface area (TPSA) is 33.2 Å². The van der Waals surface area contributed by atoms with E-state index < -0.39 is 0 Å². The summed E-state index contributed by atoms with van der Waals surface area (Å²) in [6, 6.07) is 8.27. The van der Waals surface area contributed by atoms with E-state index in [4.69, 9.17) is 0 Å². The second kappa shape index (κ2) is 4.30. The normalized spacial score (nSPS) is 15.8. The smallest absolute Gasteiger partial charge is 0.188 e. The number of benzene rings is 1. The van der Waals surface area contributed by atoms with Gasteiger partial charge in [0.05, 0.1) is 17.1 Å². The van der Waals surface area contributed by atoms with Crippen LogP contribution in [-0.2, 0) is 6.54 Å². The van der Waals surface area contributed by atoms with Gasteiger partial charge in [0.2, 0.25) is 0 Å². The molecule has 0 spiro atoms. The van der Waals surface area contributed by atoms with Crippen molar-refractivity contribution >= 4 is 17.1 Å². The van der Waals surface area contributed by atoms with E-state index in [-0.39, 0.29) is 5.78 Å². The summed E-state index contributed by atoms with van der Waals surface area (Å²) in [7, 11) is 1.95. The summed E-state index contributed by atoms with van der Waals surface area (Å²) >= 11 is 1.52. The van der Waals surface area contributed by atoms with Gasteiger partial charge < -0.3 is 0 Å². The molecular formula is C14H14N2OS. The minimum absolute atomic E-state index is 0.189. The zero-order valence-corrected chi connectivity index (χ0v) is 11.3. The van der Waals surface area contributed by atoms with Crippen molar-refractivity contribution in [1.82, 2.24) is 9.88 Å². The maximum absolute atomic E-state index is 11.9. The zero-order chi connectivity index (χ0) is 12.7. The summed E-state index contributed by atoms with van der Waals surface area (Å²) in [6.45, 7) is 3.33. The molecule has 0 saturated heterocycles. The summed E-state index contributed by atoms with van der Waals surface area (Å²) < 4.78 is 0. The number of hydrogen-bond acceptors (Lipinski definition) is 4. The van der Waals surface area contributed by atoms with Crippen LogP contribution >= 0.6 is 11.3 Å². The van der Waals surface area contributed by atoms with Crippen molar-refractivity contribution in [2.45, 2.75) is 13.5 Å². The highest BCUT2D eigenvalue weighted by atomic mass is 32.1. The fraction of sp³-hybridized carbons (Fsp3) is 0.286. The molecule has 0 bridgehead atoms. The number of ketones is 1. The standard InChI is InChI=1S/C14H14N2OS/c1-9-3-5-10(6-4-9)14-15-11-7-16(2)8-12(17)13(11)18-14/h3-6H,7-8H2,1-2H3. The van der Waals surface area contributed by atoms with Crippen LogP contribution in [0, 0.1) is 6.92 Å². The van der Waals surface area contributed by atoms with Crippen LogP contribution in [0.15, 0.2) is 24.3 Å². The average molecular weight is 258 g/mol. The molecule has 0 radical (unpaired) electrons. The predicted molar refractivity (Wildman–Crippen MR) is 73.0 cm³/mol. The number of likely N-dealkylation sites (N-methyl/N-ethyl adjacent to an activating group) is 1. The summed E-state index contributed by atoms with van der Waals surface area (Å²) in [5, 5.41) is 0.948. The Kier molecular flexibility index (Phi) is 2.76. The fourth-order valence-corrected chi connectivity index (χ4v) is 3.13. The molecule has 3 rings (SSSR count). The number of carbonyl (C=O) groups excluding carboxylic acids is 1. The van der Waals surface area contributed by atoms with E-state index in [2.05, 4.69) is 36.2 Å². The molecule has 1 aromatic carbocycles. The fourth-order valence-electron chi connectivity index (χ4n) is 2.12. The quantitative estimate of drug-likeness (QED) is 0.788. The maximum Gasteiger partial charge on any atom is 0.188 e. The molecule has 0 fully saturated rings. The van der Waals surface area contributed by atoms with Crippen LogP contribution in [0.1, 0.15) is 20.9 Å². The number of carbonyl (C=O) groups is 1. The number of nitrogens with zero attached hydrogens (tertiary/aromatic N) is 2. The lowest BCUT2D eigenvalue weighted by Gasteiger charge is -2.19. The molecule has 1 aliphatic rings. The molecule has 1 aliphatic heterocycles. The lowest BCUT2D eigenvalue weighted by atomic mass is 10.1. The van der Waals surface area contributed by atoms with E-state index >= 15 is 0 Å². The first-order chi connectivity index (χ1) is 8.63. The van der Waals surface area contributed by atoms with E-state index in [9.17, 15) is 4.79 Å². The predicted octanol–water partition coefficient (Wildman–Crippen LogP) is 2.75. The van der Waals surface area contributed by atoms with Gasteiger partial charge in [-0.15, -0.1) is 11.3 Å². The number of thiazole rings is 1. The van der Waals surface area contributed by atoms with Crippen molar-refractivity contribution in [3.05, 3.63) is 40.4 Å². The van der Waals surface area contributed by atoms with E-state index in [0.717, 1.165) is 27.7 Å². The van der Waals surface area contributed by atoms with E-state index in [1.165, 1.54) is 16.9 Å². The van der Waals surface area contributed by atoms with Crippen molar-refractivity contribution in [2.75, 3.05) is 13.6 Å². The first kappa shape index (κ1) is 11.6. The van der Waals surface area contributed by atoms with Crippen LogP contribution in [0.2, 0.25) is 0 Å². The average Bonchev–Trinajstić information content (AvgIpc) is 2.74. The molecule has 0 atom stereocenters. The highest BCUT2D eigenvalue weighted by Crippen LogP contribution is 2.31. The van der Waals surface area contributed by atoms with Crippen molar-refractivity contribution in [1.29, 1.82) is 0 Å². The van der Waals surface area contributed by atoms with Crippen molar-refractivity contribution < 1.29 is 4.79 Å². The van der Waals surface area contributed by atoms with Crippen LogP contribution < -0.4 is 0 Å². The molecule has 92 valence electrons. The van der Waals surface area contributed by atoms with Crippen LogP contribution in [0.5, 0.6) is 0 Å². The number of aromatic nitrogens is 1. The summed E-state index contributed by atoms with van der Waals surface area (Å²) in [4.78, 5) is 19.4. The van der Waals surface area contributed by atoms with Gasteiger partial charge >= 0.3 is 0 Å². The van der Waals surface area contributed by atoms with Crippen molar-refractivity contribution in [3.8, 4) is 10.6 Å². The van der Waals surface area contributed by atoms with Crippen LogP contribution in [-0.4, -0.2) is 29.3 Å². The second-order valence-corrected chi connectivity index (χ2v) is 5.76. The lowest BCUT2D eigenvalue weighted by Crippen LogP contribution is -2.31. The third-order valence-electron chi connectivity index (χ3n) is 3.08. The third-order valence-corrected chi connectivity index (χ3v) is 4.27. The van der Waals surface area contributed by atoms with Gasteiger partial charge in [-0.2, -0.15) is 0 Å². The number of hydrogen-bond donors (Lipinski definition) is 0. The SMILES string of the molecule is Cc1ccc(-c2nc3c(s2)C(=O)CN(C)C3)cc1. The van der Waals surface area contributed by atoms with Gasteiger partial charge in [0.25, 0.3) is 0 Å². The third kappa shape index (κ3) is 1.98. The van der Waals surface area contributed by atoms with Gasteiger partial charge in [-0.05, 0) is 14.0 Å². The first-order valence-corrected chi connectivity index (χ1v) is 6.73. The Hall–Kier alpha value is -1.52. The van der Waals surface area contributed by atoms with Gasteiger partial charge in [-0.25, -0.2) is 4.98 Å². The molecule has 0 amide bonds. The molecule has 0 N–H and O–H groups in total. The molecule has 18 heavy (non-hydrogen) atoms. The number of aryl methyl sites for hydroxylation is 1. The zero-order valence-electron chi connectivity index (χ0n) is 10.4. The second-order valence-electron chi connectivity index (χ2n) is 4.76. The molecule has 3 nitrogen and oxygen atoms in total. The number of fused-ring (bicyclic) bond motifs is 1. The van der Waals surface area contributed by atoms with Gasteiger partial charge in [0.15, 0.2) is 5.78 Å². The van der Waals surface area contributed by atoms with Gasteiger partial charge in [-0.3, -0.25) is 9.69 Å². The molecule has 2 heterocycles. The summed E-state index contributed by atoms with van der Waals surface area (Å²) in [5.74, 6) is 0.189. The Morgan fingerprint density at radius 2 is 1.94 bits per heavy atom. The van der Waals surface area contributed by atoms with Crippen molar-refractivity contribution in [2.24, 2.45) is 0 Å². The van der Waals surface area contributed by atoms with Crippen LogP contribution in [0.25, 0.3) is 10.6 Å². The molecule has 0 aliphatic carbocycles. The summed E-state index contributed by atoms with van der Waals surface area (Å²) in [6.07, 6.45) is 0. The largest absolute Gasteiger partial charge is 0.293 e.